The Hall–Kier alpha value is -0.0800. The van der Waals surface area contributed by atoms with E-state index in [1.165, 1.54) is 38.6 Å². The topological polar surface area (TPSA) is 12.5 Å². The fourth-order valence-electron chi connectivity index (χ4n) is 3.20. The molecule has 2 heteroatoms. The second-order valence-electron chi connectivity index (χ2n) is 6.15. The van der Waals surface area contributed by atoms with Gasteiger partial charge in [0, 0.05) is 12.6 Å². The van der Waals surface area contributed by atoms with Crippen LogP contribution in [0.25, 0.3) is 0 Å². The Kier molecular flexibility index (Phi) is 4.26. The van der Waals surface area contributed by atoms with Crippen molar-refractivity contribution in [2.24, 2.45) is 11.8 Å². The van der Waals surface area contributed by atoms with E-state index in [1.54, 1.807) is 0 Å². The molecule has 0 amide bonds. The Labute approximate surface area is 100 Å². The molecule has 1 heterocycles. The van der Waals surface area contributed by atoms with Crippen molar-refractivity contribution in [3.63, 3.8) is 0 Å². The van der Waals surface area contributed by atoms with Gasteiger partial charge in [0.15, 0.2) is 0 Å². The molecule has 0 spiro atoms. The van der Waals surface area contributed by atoms with Crippen LogP contribution in [0.2, 0.25) is 0 Å². The summed E-state index contributed by atoms with van der Waals surface area (Å²) in [6, 6.07) is 0.675. The Bertz CT molecular complexity index is 211. The highest BCUT2D eigenvalue weighted by Gasteiger charge is 2.28. The minimum Gasteiger partial charge on any atom is -0.377 e. The largest absolute Gasteiger partial charge is 0.377 e. The molecule has 2 atom stereocenters. The van der Waals surface area contributed by atoms with Crippen molar-refractivity contribution in [2.75, 3.05) is 20.2 Å². The molecule has 0 aromatic heterocycles. The van der Waals surface area contributed by atoms with Crippen LogP contribution in [-0.4, -0.2) is 37.2 Å². The predicted molar refractivity (Wildman–Crippen MR) is 67.6 cm³/mol. The third-order valence-corrected chi connectivity index (χ3v) is 4.38. The second kappa shape index (κ2) is 5.50. The monoisotopic (exact) mass is 225 g/mol. The summed E-state index contributed by atoms with van der Waals surface area (Å²) in [5.41, 5.74) is 0. The molecule has 0 N–H and O–H groups in total. The van der Waals surface area contributed by atoms with Crippen molar-refractivity contribution in [2.45, 2.75) is 58.1 Å². The molecule has 1 aliphatic heterocycles. The van der Waals surface area contributed by atoms with Crippen molar-refractivity contribution >= 4 is 0 Å². The molecule has 16 heavy (non-hydrogen) atoms. The van der Waals surface area contributed by atoms with Gasteiger partial charge in [-0.3, -0.25) is 0 Å². The van der Waals surface area contributed by atoms with E-state index in [0.29, 0.717) is 12.1 Å². The second-order valence-corrected chi connectivity index (χ2v) is 6.15. The standard InChI is InChI=1S/C14H27NO/c1-11-4-6-14(7-5-11)16-10-13-8-12(2)9-15(13)3/h11-14H,4-10H2,1-3H3. The van der Waals surface area contributed by atoms with Crippen molar-refractivity contribution < 1.29 is 4.74 Å². The lowest BCUT2D eigenvalue weighted by molar-refractivity contribution is -0.00326. The Morgan fingerprint density at radius 1 is 1.06 bits per heavy atom. The van der Waals surface area contributed by atoms with Crippen molar-refractivity contribution in [3.8, 4) is 0 Å². The maximum atomic E-state index is 6.09. The van der Waals surface area contributed by atoms with Gasteiger partial charge in [0.1, 0.15) is 0 Å². The molecule has 2 rings (SSSR count). The summed E-state index contributed by atoms with van der Waals surface area (Å²) in [5.74, 6) is 1.78. The van der Waals surface area contributed by atoms with Gasteiger partial charge in [-0.05, 0) is 51.0 Å². The number of likely N-dealkylation sites (N-methyl/N-ethyl adjacent to an activating group) is 1. The molecular formula is C14H27NO. The quantitative estimate of drug-likeness (QED) is 0.732. The van der Waals surface area contributed by atoms with Crippen LogP contribution in [0.4, 0.5) is 0 Å². The molecule has 2 unspecified atom stereocenters. The summed E-state index contributed by atoms with van der Waals surface area (Å²) in [4.78, 5) is 2.47. The Morgan fingerprint density at radius 2 is 1.75 bits per heavy atom. The molecule has 94 valence electrons. The first kappa shape index (κ1) is 12.4. The molecule has 1 aliphatic carbocycles. The van der Waals surface area contributed by atoms with E-state index in [4.69, 9.17) is 4.74 Å². The van der Waals surface area contributed by atoms with Crippen LogP contribution in [0.5, 0.6) is 0 Å². The van der Waals surface area contributed by atoms with Crippen LogP contribution in [-0.2, 0) is 4.74 Å². The minimum atomic E-state index is 0.556. The molecule has 1 saturated heterocycles. The number of hydrogen-bond donors (Lipinski definition) is 0. The number of ether oxygens (including phenoxy) is 1. The third kappa shape index (κ3) is 3.21. The molecule has 2 nitrogen and oxygen atoms in total. The number of rotatable bonds is 3. The summed E-state index contributed by atoms with van der Waals surface area (Å²) < 4.78 is 6.09. The minimum absolute atomic E-state index is 0.556. The van der Waals surface area contributed by atoms with Gasteiger partial charge in [0.2, 0.25) is 0 Å². The number of nitrogens with zero attached hydrogens (tertiary/aromatic N) is 1. The van der Waals surface area contributed by atoms with E-state index in [0.717, 1.165) is 18.4 Å². The van der Waals surface area contributed by atoms with E-state index in [-0.39, 0.29) is 0 Å². The molecule has 0 radical (unpaired) electrons. The fraction of sp³-hybridized carbons (Fsp3) is 1.00. The van der Waals surface area contributed by atoms with Crippen LogP contribution < -0.4 is 0 Å². The molecular weight excluding hydrogens is 198 g/mol. The van der Waals surface area contributed by atoms with E-state index >= 15 is 0 Å². The van der Waals surface area contributed by atoms with Crippen LogP contribution in [0.1, 0.15) is 46.0 Å². The van der Waals surface area contributed by atoms with Gasteiger partial charge >= 0.3 is 0 Å². The summed E-state index contributed by atoms with van der Waals surface area (Å²) in [5, 5.41) is 0. The third-order valence-electron chi connectivity index (χ3n) is 4.38. The van der Waals surface area contributed by atoms with Crippen LogP contribution in [0, 0.1) is 11.8 Å². The van der Waals surface area contributed by atoms with Crippen molar-refractivity contribution in [3.05, 3.63) is 0 Å². The summed E-state index contributed by atoms with van der Waals surface area (Å²) in [6.07, 6.45) is 7.17. The van der Waals surface area contributed by atoms with Crippen LogP contribution in [0.15, 0.2) is 0 Å². The zero-order valence-corrected chi connectivity index (χ0v) is 11.1. The molecule has 2 aliphatic rings. The van der Waals surface area contributed by atoms with Gasteiger partial charge in [-0.15, -0.1) is 0 Å². The highest BCUT2D eigenvalue weighted by Crippen LogP contribution is 2.27. The summed E-state index contributed by atoms with van der Waals surface area (Å²) in [7, 11) is 2.24. The fourth-order valence-corrected chi connectivity index (χ4v) is 3.20. The zero-order chi connectivity index (χ0) is 11.5. The van der Waals surface area contributed by atoms with Crippen LogP contribution >= 0.6 is 0 Å². The maximum absolute atomic E-state index is 6.09. The molecule has 2 fully saturated rings. The highest BCUT2D eigenvalue weighted by molar-refractivity contribution is 4.81. The smallest absolute Gasteiger partial charge is 0.0625 e. The van der Waals surface area contributed by atoms with E-state index in [9.17, 15) is 0 Å². The SMILES string of the molecule is CC1CCC(OCC2CC(C)CN2C)CC1. The zero-order valence-electron chi connectivity index (χ0n) is 11.1. The lowest BCUT2D eigenvalue weighted by Crippen LogP contribution is -2.32. The first-order valence-corrected chi connectivity index (χ1v) is 6.97. The first-order valence-electron chi connectivity index (χ1n) is 6.97. The van der Waals surface area contributed by atoms with Gasteiger partial charge in [-0.25, -0.2) is 0 Å². The maximum Gasteiger partial charge on any atom is 0.0625 e. The average Bonchev–Trinajstić information content (AvgIpc) is 2.57. The van der Waals surface area contributed by atoms with Gasteiger partial charge < -0.3 is 9.64 Å². The summed E-state index contributed by atoms with van der Waals surface area (Å²) in [6.45, 7) is 6.91. The molecule has 0 aromatic rings. The van der Waals surface area contributed by atoms with E-state index in [1.807, 2.05) is 0 Å². The van der Waals surface area contributed by atoms with Gasteiger partial charge in [0.25, 0.3) is 0 Å². The predicted octanol–water partition coefficient (Wildman–Crippen LogP) is 2.92. The first-order chi connectivity index (χ1) is 7.65. The Morgan fingerprint density at radius 3 is 2.31 bits per heavy atom. The van der Waals surface area contributed by atoms with Crippen molar-refractivity contribution in [1.29, 1.82) is 0 Å². The van der Waals surface area contributed by atoms with Crippen molar-refractivity contribution in [1.82, 2.24) is 4.90 Å². The highest BCUT2D eigenvalue weighted by atomic mass is 16.5. The summed E-state index contributed by atoms with van der Waals surface area (Å²) >= 11 is 0. The number of likely N-dealkylation sites (tertiary alicyclic amines) is 1. The number of hydrogen-bond acceptors (Lipinski definition) is 2. The Balaban J connectivity index is 1.67. The van der Waals surface area contributed by atoms with Gasteiger partial charge in [-0.1, -0.05) is 13.8 Å². The molecule has 0 aromatic carbocycles. The van der Waals surface area contributed by atoms with E-state index < -0.39 is 0 Å². The normalized spacial score (nSPS) is 41.4. The molecule has 1 saturated carbocycles. The lowest BCUT2D eigenvalue weighted by Gasteiger charge is -2.28. The lowest BCUT2D eigenvalue weighted by atomic mass is 9.89. The van der Waals surface area contributed by atoms with Gasteiger partial charge in [-0.2, -0.15) is 0 Å². The van der Waals surface area contributed by atoms with Gasteiger partial charge in [0.05, 0.1) is 12.7 Å². The van der Waals surface area contributed by atoms with E-state index in [2.05, 4.69) is 25.8 Å². The van der Waals surface area contributed by atoms with Crippen LogP contribution in [0.3, 0.4) is 0 Å². The average molecular weight is 225 g/mol. The molecule has 0 bridgehead atoms.